The van der Waals surface area contributed by atoms with Crippen molar-refractivity contribution >= 4 is 70.4 Å². The molecule has 0 aliphatic carbocycles. The van der Waals surface area contributed by atoms with Crippen LogP contribution >= 0.6 is 23.4 Å². The van der Waals surface area contributed by atoms with E-state index in [1.165, 1.54) is 11.8 Å². The van der Waals surface area contributed by atoms with Gasteiger partial charge < -0.3 is 14.1 Å². The normalized spacial score (nSPS) is 17.2. The van der Waals surface area contributed by atoms with Gasteiger partial charge in [0.1, 0.15) is 16.1 Å². The highest BCUT2D eigenvalue weighted by Crippen LogP contribution is 2.43. The molecule has 0 spiro atoms. The van der Waals surface area contributed by atoms with Gasteiger partial charge in [-0.2, -0.15) is 10.4 Å². The number of thioether (sulfide) groups is 1. The minimum atomic E-state index is -2.02. The summed E-state index contributed by atoms with van der Waals surface area (Å²) in [4.78, 5) is 24.7. The SMILES string of the molecule is CSc1nc2c(F)c(-c3nccc4cccc(C#N)c34)c(Cl)cc2c2c1cnn2[C@H]1CCN(C(=O)OC(C)(C)C)[C@H](CCO[Si](C)(C)C(C)(C)C)C1. The minimum Gasteiger partial charge on any atom is -0.444 e. The molecule has 0 saturated carbocycles. The van der Waals surface area contributed by atoms with Crippen molar-refractivity contribution in [1.29, 1.82) is 5.26 Å². The number of halogens is 2. The molecule has 2 aromatic carbocycles. The molecule has 13 heteroatoms. The number of benzene rings is 2. The molecule has 3 aromatic heterocycles. The third kappa shape index (κ3) is 7.13. The van der Waals surface area contributed by atoms with E-state index in [2.05, 4.69) is 44.9 Å². The Balaban J connectivity index is 1.44. The fraction of sp³-hybridized carbons (Fsp3) is 0.462. The fourth-order valence-corrected chi connectivity index (χ4v) is 8.66. The van der Waals surface area contributed by atoms with Gasteiger partial charge in [0.05, 0.1) is 51.1 Å². The van der Waals surface area contributed by atoms with E-state index in [0.29, 0.717) is 53.8 Å². The van der Waals surface area contributed by atoms with E-state index in [4.69, 9.17) is 30.8 Å². The van der Waals surface area contributed by atoms with Crippen molar-refractivity contribution in [3.63, 3.8) is 0 Å². The maximum atomic E-state index is 17.0. The second-order valence-electron chi connectivity index (χ2n) is 16.0. The summed E-state index contributed by atoms with van der Waals surface area (Å²) in [5.74, 6) is -0.611. The summed E-state index contributed by atoms with van der Waals surface area (Å²) >= 11 is 8.40. The van der Waals surface area contributed by atoms with Crippen LogP contribution in [0.3, 0.4) is 0 Å². The van der Waals surface area contributed by atoms with Gasteiger partial charge in [-0.25, -0.2) is 14.2 Å². The van der Waals surface area contributed by atoms with Crippen LogP contribution < -0.4 is 0 Å². The average Bonchev–Trinajstić information content (AvgIpc) is 3.52. The van der Waals surface area contributed by atoms with Crippen LogP contribution in [-0.2, 0) is 9.16 Å². The molecule has 9 nitrogen and oxygen atoms in total. The molecular formula is C39H46ClFN6O3SSi. The first-order chi connectivity index (χ1) is 24.5. The first-order valence-electron chi connectivity index (χ1n) is 17.6. The molecule has 1 aliphatic heterocycles. The van der Waals surface area contributed by atoms with Crippen molar-refractivity contribution in [2.75, 3.05) is 19.4 Å². The van der Waals surface area contributed by atoms with Crippen LogP contribution in [0, 0.1) is 17.1 Å². The van der Waals surface area contributed by atoms with Crippen molar-refractivity contribution in [2.24, 2.45) is 0 Å². The van der Waals surface area contributed by atoms with Gasteiger partial charge in [-0.05, 0) is 88.0 Å². The second kappa shape index (κ2) is 14.2. The predicted octanol–water partition coefficient (Wildman–Crippen LogP) is 10.5. The number of carbonyl (C=O) groups is 1. The number of fused-ring (bicyclic) bond motifs is 4. The Morgan fingerprint density at radius 1 is 1.17 bits per heavy atom. The molecule has 0 bridgehead atoms. The lowest BCUT2D eigenvalue weighted by Gasteiger charge is -2.41. The summed E-state index contributed by atoms with van der Waals surface area (Å²) < 4.78 is 31.4. The van der Waals surface area contributed by atoms with E-state index in [0.717, 1.165) is 16.3 Å². The summed E-state index contributed by atoms with van der Waals surface area (Å²) in [6.07, 6.45) is 6.83. The monoisotopic (exact) mass is 760 g/mol. The van der Waals surface area contributed by atoms with Gasteiger partial charge in [-0.15, -0.1) is 11.8 Å². The average molecular weight is 761 g/mol. The number of piperidine rings is 1. The van der Waals surface area contributed by atoms with E-state index < -0.39 is 19.7 Å². The molecule has 5 aromatic rings. The number of hydrogen-bond donors (Lipinski definition) is 0. The zero-order valence-electron chi connectivity index (χ0n) is 31.3. The largest absolute Gasteiger partial charge is 0.444 e. The standard InChI is InChI=1S/C39H46ClFN6O3SSi/c1-38(2,3)50-37(48)46-17-14-26(19-25(46)15-18-49-52(8,9)39(4,5)6)47-35-27-20-29(40)31(32(41)33(27)45-36(51-7)28(35)22-44-47)34-30-23(13-16-43-34)11-10-12-24(30)21-42/h10-13,16,20,22,25-26H,14-15,17-19H2,1-9H3/t25-,26+/m1/s1. The molecule has 1 amide bonds. The van der Waals surface area contributed by atoms with Crippen molar-refractivity contribution in [2.45, 2.75) is 102 Å². The van der Waals surface area contributed by atoms with Gasteiger partial charge in [0, 0.05) is 36.2 Å². The molecular weight excluding hydrogens is 715 g/mol. The third-order valence-corrected chi connectivity index (χ3v) is 15.9. The Labute approximate surface area is 315 Å². The Bertz CT molecular complexity index is 2220. The lowest BCUT2D eigenvalue weighted by atomic mass is 9.95. The highest BCUT2D eigenvalue weighted by molar-refractivity contribution is 7.98. The highest BCUT2D eigenvalue weighted by atomic mass is 35.5. The number of nitrogens with zero attached hydrogens (tertiary/aromatic N) is 6. The Kier molecular flexibility index (Phi) is 10.4. The highest BCUT2D eigenvalue weighted by Gasteiger charge is 2.39. The molecule has 1 saturated heterocycles. The molecule has 0 radical (unpaired) electrons. The molecule has 1 aliphatic rings. The Hall–Kier alpha value is -3.76. The number of rotatable bonds is 7. The van der Waals surface area contributed by atoms with E-state index in [1.807, 2.05) is 42.7 Å². The Morgan fingerprint density at radius 2 is 1.92 bits per heavy atom. The molecule has 0 unspecified atom stereocenters. The number of ether oxygens (including phenoxy) is 1. The quantitative estimate of drug-likeness (QED) is 0.119. The third-order valence-electron chi connectivity index (χ3n) is 10.4. The molecule has 52 heavy (non-hydrogen) atoms. The summed E-state index contributed by atoms with van der Waals surface area (Å²) in [6, 6.07) is 10.8. The van der Waals surface area contributed by atoms with Crippen LogP contribution in [0.25, 0.3) is 43.8 Å². The molecule has 0 N–H and O–H groups in total. The number of carbonyl (C=O) groups excluding carboxylic acids is 1. The maximum Gasteiger partial charge on any atom is 0.410 e. The summed E-state index contributed by atoms with van der Waals surface area (Å²) in [5.41, 5.74) is 1.02. The summed E-state index contributed by atoms with van der Waals surface area (Å²) in [5, 5.41) is 18.3. The number of nitriles is 1. The topological polar surface area (TPSA) is 106 Å². The first kappa shape index (κ1) is 38.0. The summed E-state index contributed by atoms with van der Waals surface area (Å²) in [6.45, 7) is 17.7. The van der Waals surface area contributed by atoms with Crippen LogP contribution in [0.2, 0.25) is 23.2 Å². The zero-order valence-corrected chi connectivity index (χ0v) is 33.9. The number of likely N-dealkylation sites (tertiary alicyclic amines) is 1. The molecule has 1 fully saturated rings. The zero-order chi connectivity index (χ0) is 37.7. The van der Waals surface area contributed by atoms with Crippen molar-refractivity contribution in [3.8, 4) is 17.3 Å². The number of aromatic nitrogens is 4. The molecule has 6 rings (SSSR count). The van der Waals surface area contributed by atoms with Gasteiger partial charge in [0.25, 0.3) is 0 Å². The van der Waals surface area contributed by atoms with Crippen LogP contribution in [0.1, 0.15) is 72.4 Å². The van der Waals surface area contributed by atoms with Crippen LogP contribution in [0.5, 0.6) is 0 Å². The lowest BCUT2D eigenvalue weighted by molar-refractivity contribution is 0.00199. The van der Waals surface area contributed by atoms with Crippen molar-refractivity contribution in [1.82, 2.24) is 24.6 Å². The van der Waals surface area contributed by atoms with E-state index in [1.54, 1.807) is 36.7 Å². The van der Waals surface area contributed by atoms with Gasteiger partial charge in [-0.3, -0.25) is 9.67 Å². The van der Waals surface area contributed by atoms with Gasteiger partial charge in [0.2, 0.25) is 0 Å². The number of pyridine rings is 2. The van der Waals surface area contributed by atoms with Crippen molar-refractivity contribution < 1.29 is 18.3 Å². The van der Waals surface area contributed by atoms with Gasteiger partial charge in [-0.1, -0.05) is 44.5 Å². The van der Waals surface area contributed by atoms with Gasteiger partial charge in [0.15, 0.2) is 14.1 Å². The number of amides is 1. The van der Waals surface area contributed by atoms with E-state index in [-0.39, 0.29) is 45.0 Å². The fourth-order valence-electron chi connectivity index (χ4n) is 6.76. The van der Waals surface area contributed by atoms with Crippen LogP contribution in [0.15, 0.2) is 47.8 Å². The minimum absolute atomic E-state index is 0.0586. The maximum absolute atomic E-state index is 17.0. The van der Waals surface area contributed by atoms with Gasteiger partial charge >= 0.3 is 6.09 Å². The smallest absolute Gasteiger partial charge is 0.410 e. The first-order valence-corrected chi connectivity index (χ1v) is 22.1. The molecule has 274 valence electrons. The van der Waals surface area contributed by atoms with Crippen LogP contribution in [-0.4, -0.2) is 70.1 Å². The Morgan fingerprint density at radius 3 is 2.60 bits per heavy atom. The van der Waals surface area contributed by atoms with Crippen molar-refractivity contribution in [3.05, 3.63) is 59.1 Å². The molecule has 2 atom stereocenters. The van der Waals surface area contributed by atoms with E-state index >= 15 is 4.39 Å². The molecule has 4 heterocycles. The second-order valence-corrected chi connectivity index (χ2v) is 22.0. The summed E-state index contributed by atoms with van der Waals surface area (Å²) in [7, 11) is -2.02. The van der Waals surface area contributed by atoms with E-state index in [9.17, 15) is 10.1 Å². The number of hydrogen-bond acceptors (Lipinski definition) is 8. The van der Waals surface area contributed by atoms with Crippen LogP contribution in [0.4, 0.5) is 9.18 Å². The lowest BCUT2D eigenvalue weighted by Crippen LogP contribution is -2.49. The predicted molar refractivity (Wildman–Crippen MR) is 210 cm³/mol.